The summed E-state index contributed by atoms with van der Waals surface area (Å²) in [5.74, 6) is 0.883. The van der Waals surface area contributed by atoms with E-state index in [1.54, 1.807) is 19.2 Å². The minimum Gasteiger partial charge on any atom is -0.496 e. The van der Waals surface area contributed by atoms with Crippen molar-refractivity contribution in [1.82, 2.24) is 0 Å². The summed E-state index contributed by atoms with van der Waals surface area (Å²) in [7, 11) is 1.60. The molecule has 0 radical (unpaired) electrons. The zero-order valence-electron chi connectivity index (χ0n) is 12.5. The molecule has 6 heteroatoms. The van der Waals surface area contributed by atoms with Crippen LogP contribution in [-0.2, 0) is 4.79 Å². The van der Waals surface area contributed by atoms with Gasteiger partial charge in [0.25, 0.3) is 0 Å². The van der Waals surface area contributed by atoms with Crippen LogP contribution in [0.25, 0.3) is 0 Å². The Balaban J connectivity index is 2.19. The van der Waals surface area contributed by atoms with Crippen LogP contribution in [0.1, 0.15) is 25.3 Å². The van der Waals surface area contributed by atoms with E-state index in [0.717, 1.165) is 11.3 Å². The van der Waals surface area contributed by atoms with E-state index in [-0.39, 0.29) is 11.7 Å². The van der Waals surface area contributed by atoms with Gasteiger partial charge in [-0.1, -0.05) is 12.1 Å². The third kappa shape index (κ3) is 2.66. The predicted octanol–water partition coefficient (Wildman–Crippen LogP) is 2.10. The molecule has 0 bridgehead atoms. The van der Waals surface area contributed by atoms with Crippen molar-refractivity contribution < 1.29 is 14.7 Å². The van der Waals surface area contributed by atoms with Crippen LogP contribution in [0, 0.1) is 18.3 Å². The standard InChI is InChI=1S/C15H21N3O3/c1-9-7-15(8-9,13(16)18-20)14(19)17-11-4-5-12(21-3)10(2)6-11/h4-6,9,20H,7-8H2,1-3H3,(H2,16,18)(H,17,19). The number of ether oxygens (including phenoxy) is 1. The number of nitrogens with zero attached hydrogens (tertiary/aromatic N) is 1. The highest BCUT2D eigenvalue weighted by atomic mass is 16.5. The summed E-state index contributed by atoms with van der Waals surface area (Å²) < 4.78 is 5.19. The quantitative estimate of drug-likeness (QED) is 0.342. The van der Waals surface area contributed by atoms with E-state index < -0.39 is 5.41 Å². The van der Waals surface area contributed by atoms with Gasteiger partial charge in [0.15, 0.2) is 5.84 Å². The normalized spacial score (nSPS) is 25.1. The molecule has 0 spiro atoms. The van der Waals surface area contributed by atoms with Crippen molar-refractivity contribution >= 4 is 17.4 Å². The van der Waals surface area contributed by atoms with E-state index in [4.69, 9.17) is 15.7 Å². The molecule has 0 unspecified atom stereocenters. The van der Waals surface area contributed by atoms with Gasteiger partial charge in [0.05, 0.1) is 7.11 Å². The molecule has 1 aromatic rings. The number of nitrogens with one attached hydrogen (secondary N) is 1. The molecule has 1 aromatic carbocycles. The highest BCUT2D eigenvalue weighted by Gasteiger charge is 2.52. The van der Waals surface area contributed by atoms with Crippen molar-refractivity contribution in [2.24, 2.45) is 22.2 Å². The number of methoxy groups -OCH3 is 1. The molecule has 1 aliphatic carbocycles. The maximum absolute atomic E-state index is 12.5. The molecule has 0 heterocycles. The summed E-state index contributed by atoms with van der Waals surface area (Å²) in [6, 6.07) is 5.40. The lowest BCUT2D eigenvalue weighted by molar-refractivity contribution is -0.127. The average Bonchev–Trinajstić information content (AvgIpc) is 2.42. The molecular formula is C15H21N3O3. The Labute approximate surface area is 124 Å². The van der Waals surface area contributed by atoms with E-state index >= 15 is 0 Å². The molecule has 0 aliphatic heterocycles. The number of nitrogens with two attached hydrogens (primary N) is 1. The topological polar surface area (TPSA) is 96.9 Å². The fraction of sp³-hybridized carbons (Fsp3) is 0.467. The van der Waals surface area contributed by atoms with Gasteiger partial charge in [-0.15, -0.1) is 0 Å². The molecule has 1 saturated carbocycles. The van der Waals surface area contributed by atoms with Gasteiger partial charge in [0, 0.05) is 5.69 Å². The summed E-state index contributed by atoms with van der Waals surface area (Å²) in [5, 5.41) is 14.8. The first-order valence-corrected chi connectivity index (χ1v) is 6.87. The van der Waals surface area contributed by atoms with Gasteiger partial charge in [-0.05, 0) is 49.4 Å². The van der Waals surface area contributed by atoms with Gasteiger partial charge in [0.1, 0.15) is 11.2 Å². The van der Waals surface area contributed by atoms with E-state index in [0.29, 0.717) is 24.4 Å². The number of hydrogen-bond acceptors (Lipinski definition) is 4. The largest absolute Gasteiger partial charge is 0.496 e. The fourth-order valence-electron chi connectivity index (χ4n) is 2.94. The van der Waals surface area contributed by atoms with Crippen LogP contribution in [0.4, 0.5) is 5.69 Å². The Hall–Kier alpha value is -2.24. The predicted molar refractivity (Wildman–Crippen MR) is 80.6 cm³/mol. The molecule has 0 atom stereocenters. The van der Waals surface area contributed by atoms with E-state index in [1.807, 2.05) is 19.9 Å². The summed E-state index contributed by atoms with van der Waals surface area (Å²) in [6.45, 7) is 3.94. The molecule has 0 saturated heterocycles. The van der Waals surface area contributed by atoms with E-state index in [2.05, 4.69) is 10.5 Å². The number of anilines is 1. The molecule has 21 heavy (non-hydrogen) atoms. The fourth-order valence-corrected chi connectivity index (χ4v) is 2.94. The minimum atomic E-state index is -0.901. The number of aryl methyl sites for hydroxylation is 1. The smallest absolute Gasteiger partial charge is 0.238 e. The Kier molecular flexibility index (Phi) is 4.06. The second-order valence-corrected chi connectivity index (χ2v) is 5.72. The first kappa shape index (κ1) is 15.2. The van der Waals surface area contributed by atoms with Gasteiger partial charge >= 0.3 is 0 Å². The molecule has 2 rings (SSSR count). The lowest BCUT2D eigenvalue weighted by Gasteiger charge is -2.43. The lowest BCUT2D eigenvalue weighted by Crippen LogP contribution is -2.54. The third-order valence-corrected chi connectivity index (χ3v) is 4.08. The van der Waals surface area contributed by atoms with E-state index in [9.17, 15) is 4.79 Å². The van der Waals surface area contributed by atoms with Crippen molar-refractivity contribution in [2.75, 3.05) is 12.4 Å². The SMILES string of the molecule is COc1ccc(NC(=O)C2(/C(N)=N/O)CC(C)C2)cc1C. The van der Waals surface area contributed by atoms with Gasteiger partial charge in [-0.3, -0.25) is 4.79 Å². The molecule has 1 aliphatic rings. The average molecular weight is 291 g/mol. The minimum absolute atomic E-state index is 0.0247. The van der Waals surface area contributed by atoms with Gasteiger partial charge in [-0.2, -0.15) is 0 Å². The zero-order chi connectivity index (χ0) is 15.6. The van der Waals surface area contributed by atoms with Crippen LogP contribution in [0.15, 0.2) is 23.4 Å². The number of amides is 1. The lowest BCUT2D eigenvalue weighted by atomic mass is 9.61. The molecule has 4 N–H and O–H groups in total. The Morgan fingerprint density at radius 2 is 2.19 bits per heavy atom. The highest BCUT2D eigenvalue weighted by molar-refractivity contribution is 6.12. The molecule has 0 aromatic heterocycles. The van der Waals surface area contributed by atoms with Crippen LogP contribution in [0.5, 0.6) is 5.75 Å². The van der Waals surface area contributed by atoms with Gasteiger partial charge in [-0.25, -0.2) is 0 Å². The zero-order valence-corrected chi connectivity index (χ0v) is 12.5. The highest BCUT2D eigenvalue weighted by Crippen LogP contribution is 2.46. The van der Waals surface area contributed by atoms with Crippen molar-refractivity contribution in [2.45, 2.75) is 26.7 Å². The molecular weight excluding hydrogens is 270 g/mol. The first-order valence-electron chi connectivity index (χ1n) is 6.87. The molecule has 114 valence electrons. The first-order chi connectivity index (χ1) is 9.92. The molecule has 1 fully saturated rings. The molecule has 1 amide bonds. The van der Waals surface area contributed by atoms with Crippen molar-refractivity contribution in [3.63, 3.8) is 0 Å². The van der Waals surface area contributed by atoms with Crippen molar-refractivity contribution in [3.8, 4) is 5.75 Å². The van der Waals surface area contributed by atoms with Crippen LogP contribution < -0.4 is 15.8 Å². The number of amidine groups is 1. The number of benzene rings is 1. The van der Waals surface area contributed by atoms with E-state index in [1.165, 1.54) is 0 Å². The Morgan fingerprint density at radius 3 is 2.67 bits per heavy atom. The second kappa shape index (κ2) is 5.63. The van der Waals surface area contributed by atoms with Gasteiger partial charge in [0.2, 0.25) is 5.91 Å². The number of hydrogen-bond donors (Lipinski definition) is 3. The van der Waals surface area contributed by atoms with Gasteiger partial charge < -0.3 is 21.0 Å². The summed E-state index contributed by atoms with van der Waals surface area (Å²) in [4.78, 5) is 12.5. The van der Waals surface area contributed by atoms with Crippen LogP contribution in [-0.4, -0.2) is 24.1 Å². The maximum Gasteiger partial charge on any atom is 0.238 e. The number of oxime groups is 1. The Bertz CT molecular complexity index is 578. The Morgan fingerprint density at radius 1 is 1.52 bits per heavy atom. The monoisotopic (exact) mass is 291 g/mol. The van der Waals surface area contributed by atoms with Crippen LogP contribution in [0.2, 0.25) is 0 Å². The summed E-state index contributed by atoms with van der Waals surface area (Å²) >= 11 is 0. The second-order valence-electron chi connectivity index (χ2n) is 5.72. The number of carbonyl (C=O) groups excluding carboxylic acids is 1. The third-order valence-electron chi connectivity index (χ3n) is 4.08. The van der Waals surface area contributed by atoms with Crippen molar-refractivity contribution in [1.29, 1.82) is 0 Å². The maximum atomic E-state index is 12.5. The number of carbonyl (C=O) groups is 1. The van der Waals surface area contributed by atoms with Crippen LogP contribution in [0.3, 0.4) is 0 Å². The van der Waals surface area contributed by atoms with Crippen molar-refractivity contribution in [3.05, 3.63) is 23.8 Å². The number of rotatable bonds is 4. The summed E-state index contributed by atoms with van der Waals surface area (Å²) in [6.07, 6.45) is 1.17. The summed E-state index contributed by atoms with van der Waals surface area (Å²) in [5.41, 5.74) is 6.42. The molecule has 6 nitrogen and oxygen atoms in total. The van der Waals surface area contributed by atoms with Crippen LogP contribution >= 0.6 is 0 Å².